The molecule has 0 fully saturated rings. The molecular weight excluding hydrogens is 404 g/mol. The molecule has 10 heteroatoms. The Hall–Kier alpha value is -1.94. The molecule has 1 amide bonds. The molecule has 156 valence electrons. The lowest BCUT2D eigenvalue weighted by molar-refractivity contribution is 0.0954. The van der Waals surface area contributed by atoms with E-state index in [-0.39, 0.29) is 22.9 Å². The highest BCUT2D eigenvalue weighted by Crippen LogP contribution is 2.22. The minimum atomic E-state index is -3.67. The van der Waals surface area contributed by atoms with E-state index in [1.165, 1.54) is 28.6 Å². The average Bonchev–Trinajstić information content (AvgIpc) is 2.64. The second-order valence-electron chi connectivity index (χ2n) is 6.10. The van der Waals surface area contributed by atoms with Crippen LogP contribution in [0.15, 0.2) is 34.0 Å². The topological polar surface area (TPSA) is 125 Å². The summed E-state index contributed by atoms with van der Waals surface area (Å²) in [6.07, 6.45) is 1.51. The zero-order chi connectivity index (χ0) is 20.0. The zero-order valence-electron chi connectivity index (χ0n) is 16.0. The van der Waals surface area contributed by atoms with Gasteiger partial charge in [-0.15, -0.1) is 12.4 Å². The number of rotatable bonds is 9. The molecule has 2 rings (SSSR count). The van der Waals surface area contributed by atoms with E-state index in [1.54, 1.807) is 13.8 Å². The van der Waals surface area contributed by atoms with Crippen molar-refractivity contribution in [2.75, 3.05) is 26.2 Å². The monoisotopic (exact) mass is 430 g/mol. The minimum Gasteiger partial charge on any atom is -0.352 e. The van der Waals surface area contributed by atoms with Crippen LogP contribution < -0.4 is 16.6 Å². The predicted octanol–water partition coefficient (Wildman–Crippen LogP) is 1.45. The molecule has 1 heterocycles. The van der Waals surface area contributed by atoms with Crippen molar-refractivity contribution in [2.24, 2.45) is 5.73 Å². The van der Waals surface area contributed by atoms with Crippen LogP contribution in [-0.2, 0) is 10.0 Å². The lowest BCUT2D eigenvalue weighted by Crippen LogP contribution is -2.30. The van der Waals surface area contributed by atoms with Gasteiger partial charge >= 0.3 is 0 Å². The molecule has 0 saturated carbocycles. The summed E-state index contributed by atoms with van der Waals surface area (Å²) >= 11 is 0. The first-order chi connectivity index (χ1) is 12.8. The predicted molar refractivity (Wildman–Crippen MR) is 113 cm³/mol. The second kappa shape index (κ2) is 10.6. The van der Waals surface area contributed by atoms with Gasteiger partial charge in [0.15, 0.2) is 0 Å². The van der Waals surface area contributed by atoms with E-state index in [1.807, 2.05) is 0 Å². The molecule has 0 bridgehead atoms. The lowest BCUT2D eigenvalue weighted by atomic mass is 10.1. The fourth-order valence-corrected chi connectivity index (χ4v) is 4.35. The number of nitrogens with two attached hydrogens (primary N) is 1. The van der Waals surface area contributed by atoms with Gasteiger partial charge in [-0.1, -0.05) is 13.8 Å². The average molecular weight is 431 g/mol. The number of H-pyrrole nitrogens is 1. The number of fused-ring (bicyclic) bond motifs is 1. The zero-order valence-corrected chi connectivity index (χ0v) is 17.7. The standard InChI is InChI=1S/C18H26N4O4S.ClH/c1-3-22(4-2)27(25,26)13-7-8-16-14(11-13)15(12-17(23)21-16)18(24)20-10-6-5-9-19;/h7-8,11-12H,3-6,9-10,19H2,1-2H3,(H,20,24)(H,21,23);1H. The second-order valence-corrected chi connectivity index (χ2v) is 8.03. The number of unbranched alkanes of at least 4 members (excludes halogenated alkanes) is 1. The van der Waals surface area contributed by atoms with Crippen LogP contribution in [0.2, 0.25) is 0 Å². The number of nitrogens with one attached hydrogen (secondary N) is 2. The van der Waals surface area contributed by atoms with Gasteiger partial charge in [-0.2, -0.15) is 4.31 Å². The first kappa shape index (κ1) is 24.1. The molecule has 0 aliphatic carbocycles. The van der Waals surface area contributed by atoms with Gasteiger partial charge in [0.25, 0.3) is 5.91 Å². The molecule has 28 heavy (non-hydrogen) atoms. The minimum absolute atomic E-state index is 0. The van der Waals surface area contributed by atoms with E-state index in [0.717, 1.165) is 12.8 Å². The number of aromatic amines is 1. The van der Waals surface area contributed by atoms with Crippen molar-refractivity contribution in [1.29, 1.82) is 0 Å². The van der Waals surface area contributed by atoms with E-state index in [9.17, 15) is 18.0 Å². The number of pyridine rings is 1. The molecule has 8 nitrogen and oxygen atoms in total. The van der Waals surface area contributed by atoms with Crippen LogP contribution in [0.5, 0.6) is 0 Å². The van der Waals surface area contributed by atoms with E-state index >= 15 is 0 Å². The number of hydrogen-bond acceptors (Lipinski definition) is 5. The van der Waals surface area contributed by atoms with Crippen LogP contribution in [0, 0.1) is 0 Å². The Bertz CT molecular complexity index is 971. The van der Waals surface area contributed by atoms with Gasteiger partial charge < -0.3 is 16.0 Å². The highest BCUT2D eigenvalue weighted by Gasteiger charge is 2.23. The third-order valence-corrected chi connectivity index (χ3v) is 6.36. The molecular formula is C18H27ClN4O4S. The highest BCUT2D eigenvalue weighted by atomic mass is 35.5. The summed E-state index contributed by atoms with van der Waals surface area (Å²) in [5.41, 5.74) is 5.58. The number of benzene rings is 1. The van der Waals surface area contributed by atoms with E-state index < -0.39 is 21.5 Å². The van der Waals surface area contributed by atoms with Gasteiger partial charge in [-0.25, -0.2) is 8.42 Å². The maximum absolute atomic E-state index is 12.8. The van der Waals surface area contributed by atoms with Crippen molar-refractivity contribution in [3.63, 3.8) is 0 Å². The fraction of sp³-hybridized carbons (Fsp3) is 0.444. The molecule has 0 aliphatic heterocycles. The molecule has 4 N–H and O–H groups in total. The Morgan fingerprint density at radius 2 is 1.86 bits per heavy atom. The maximum Gasteiger partial charge on any atom is 0.252 e. The van der Waals surface area contributed by atoms with Crippen molar-refractivity contribution in [2.45, 2.75) is 31.6 Å². The number of carbonyl (C=O) groups is 1. The molecule has 0 unspecified atom stereocenters. The summed E-state index contributed by atoms with van der Waals surface area (Å²) in [5, 5.41) is 3.14. The van der Waals surface area contributed by atoms with Crippen LogP contribution >= 0.6 is 12.4 Å². The highest BCUT2D eigenvalue weighted by molar-refractivity contribution is 7.89. The van der Waals surface area contributed by atoms with Crippen molar-refractivity contribution in [3.05, 3.63) is 40.2 Å². The summed E-state index contributed by atoms with van der Waals surface area (Å²) in [7, 11) is -3.67. The number of aromatic nitrogens is 1. The Balaban J connectivity index is 0.00000392. The number of amides is 1. The molecule has 1 aromatic heterocycles. The molecule has 0 radical (unpaired) electrons. The van der Waals surface area contributed by atoms with Crippen LogP contribution in [0.4, 0.5) is 0 Å². The summed E-state index contributed by atoms with van der Waals surface area (Å²) in [6.45, 7) is 5.19. The molecule has 0 spiro atoms. The Morgan fingerprint density at radius 1 is 1.18 bits per heavy atom. The van der Waals surface area contributed by atoms with Crippen LogP contribution in [0.25, 0.3) is 10.9 Å². The van der Waals surface area contributed by atoms with E-state index in [2.05, 4.69) is 10.3 Å². The Labute approximate surface area is 171 Å². The van der Waals surface area contributed by atoms with Gasteiger partial charge in [0, 0.05) is 36.6 Å². The number of halogens is 1. The normalized spacial score (nSPS) is 11.4. The van der Waals surface area contributed by atoms with Crippen molar-refractivity contribution >= 4 is 39.2 Å². The van der Waals surface area contributed by atoms with Crippen LogP contribution in [-0.4, -0.2) is 49.8 Å². The molecule has 1 aromatic carbocycles. The van der Waals surface area contributed by atoms with E-state index in [4.69, 9.17) is 5.73 Å². The number of nitrogens with zero attached hydrogens (tertiary/aromatic N) is 1. The van der Waals surface area contributed by atoms with Crippen LogP contribution in [0.3, 0.4) is 0 Å². The maximum atomic E-state index is 12.8. The fourth-order valence-electron chi connectivity index (χ4n) is 2.86. The van der Waals surface area contributed by atoms with Gasteiger partial charge in [-0.3, -0.25) is 9.59 Å². The summed E-state index contributed by atoms with van der Waals surface area (Å²) in [5.74, 6) is -0.416. The van der Waals surface area contributed by atoms with E-state index in [0.29, 0.717) is 37.1 Å². The lowest BCUT2D eigenvalue weighted by Gasteiger charge is -2.19. The number of sulfonamides is 1. The van der Waals surface area contributed by atoms with Crippen molar-refractivity contribution in [1.82, 2.24) is 14.6 Å². The quantitative estimate of drug-likeness (QED) is 0.519. The first-order valence-corrected chi connectivity index (χ1v) is 10.4. The third kappa shape index (κ3) is 5.32. The Kier molecular flexibility index (Phi) is 9.09. The SMILES string of the molecule is CCN(CC)S(=O)(=O)c1ccc2[nH]c(=O)cc(C(=O)NCCCCN)c2c1.Cl. The summed E-state index contributed by atoms with van der Waals surface area (Å²) in [6, 6.07) is 5.58. The smallest absolute Gasteiger partial charge is 0.252 e. The summed E-state index contributed by atoms with van der Waals surface area (Å²) < 4.78 is 26.9. The third-order valence-electron chi connectivity index (χ3n) is 4.32. The van der Waals surface area contributed by atoms with Crippen LogP contribution in [0.1, 0.15) is 37.0 Å². The van der Waals surface area contributed by atoms with Gasteiger partial charge in [0.05, 0.1) is 10.5 Å². The molecule has 2 aromatic rings. The summed E-state index contributed by atoms with van der Waals surface area (Å²) in [4.78, 5) is 27.1. The Morgan fingerprint density at radius 3 is 2.46 bits per heavy atom. The van der Waals surface area contributed by atoms with Gasteiger partial charge in [0.2, 0.25) is 15.6 Å². The van der Waals surface area contributed by atoms with Crippen molar-refractivity contribution < 1.29 is 13.2 Å². The number of carbonyl (C=O) groups excluding carboxylic acids is 1. The molecule has 0 saturated heterocycles. The molecule has 0 aliphatic rings. The number of hydrogen-bond donors (Lipinski definition) is 3. The van der Waals surface area contributed by atoms with Crippen molar-refractivity contribution in [3.8, 4) is 0 Å². The first-order valence-electron chi connectivity index (χ1n) is 9.00. The molecule has 0 atom stereocenters. The largest absolute Gasteiger partial charge is 0.352 e. The van der Waals surface area contributed by atoms with Gasteiger partial charge in [0.1, 0.15) is 0 Å². The van der Waals surface area contributed by atoms with Gasteiger partial charge in [-0.05, 0) is 37.6 Å².